The number of nitrogens with one attached hydrogen (secondary N) is 1. The van der Waals surface area contributed by atoms with Crippen molar-refractivity contribution in [2.75, 3.05) is 11.9 Å². The molecule has 1 N–H and O–H groups in total. The number of benzene rings is 3. The molecule has 3 aromatic carbocycles. The number of ether oxygens (including phenoxy) is 2. The third kappa shape index (κ3) is 3.89. The average Bonchev–Trinajstić information content (AvgIpc) is 3.35. The van der Waals surface area contributed by atoms with Crippen molar-refractivity contribution < 1.29 is 19.2 Å². The van der Waals surface area contributed by atoms with Crippen LogP contribution in [0.4, 0.5) is 11.4 Å². The highest BCUT2D eigenvalue weighted by Gasteiger charge is 2.58. The highest BCUT2D eigenvalue weighted by atomic mass is 79.9. The second kappa shape index (κ2) is 8.28. The van der Waals surface area contributed by atoms with Crippen molar-refractivity contribution in [3.63, 3.8) is 0 Å². The largest absolute Gasteiger partial charge is 0.431 e. The van der Waals surface area contributed by atoms with Crippen LogP contribution in [0.5, 0.6) is 0 Å². The number of carbonyl (C=O) groups is 1. The maximum atomic E-state index is 12.8. The number of anilines is 1. The van der Waals surface area contributed by atoms with E-state index < -0.39 is 28.1 Å². The summed E-state index contributed by atoms with van der Waals surface area (Å²) < 4.78 is 12.7. The van der Waals surface area contributed by atoms with Gasteiger partial charge in [-0.25, -0.2) is 4.79 Å². The lowest BCUT2D eigenvalue weighted by Crippen LogP contribution is -2.33. The highest BCUT2D eigenvalue weighted by molar-refractivity contribution is 9.10. The molecular formula is C25H21BrN2O5. The number of nitrogens with zero attached hydrogens (tertiary/aromatic N) is 1. The lowest BCUT2D eigenvalue weighted by molar-refractivity contribution is -0.384. The molecule has 0 amide bonds. The summed E-state index contributed by atoms with van der Waals surface area (Å²) in [5, 5.41) is 14.3. The van der Waals surface area contributed by atoms with Gasteiger partial charge < -0.3 is 14.8 Å². The van der Waals surface area contributed by atoms with Gasteiger partial charge in [0.15, 0.2) is 0 Å². The van der Waals surface area contributed by atoms with Crippen molar-refractivity contribution in [1.82, 2.24) is 0 Å². The van der Waals surface area contributed by atoms with Crippen LogP contribution in [-0.2, 0) is 19.7 Å². The Balaban J connectivity index is 1.44. The van der Waals surface area contributed by atoms with Gasteiger partial charge in [0.2, 0.25) is 5.79 Å². The summed E-state index contributed by atoms with van der Waals surface area (Å²) in [6.07, 6.45) is 0.774. The van der Waals surface area contributed by atoms with Crippen LogP contribution in [-0.4, -0.2) is 29.3 Å². The van der Waals surface area contributed by atoms with Crippen molar-refractivity contribution >= 4 is 33.3 Å². The van der Waals surface area contributed by atoms with Gasteiger partial charge in [0.1, 0.15) is 6.04 Å². The van der Waals surface area contributed by atoms with Crippen LogP contribution >= 0.6 is 15.9 Å². The fraction of sp³-hybridized carbons (Fsp3) is 0.240. The molecule has 0 saturated carbocycles. The summed E-state index contributed by atoms with van der Waals surface area (Å²) in [7, 11) is 0. The van der Waals surface area contributed by atoms with Crippen LogP contribution < -0.4 is 5.32 Å². The van der Waals surface area contributed by atoms with Gasteiger partial charge in [0.05, 0.1) is 22.6 Å². The fourth-order valence-electron chi connectivity index (χ4n) is 4.79. The summed E-state index contributed by atoms with van der Waals surface area (Å²) in [5.41, 5.74) is 2.14. The van der Waals surface area contributed by atoms with Crippen LogP contribution in [0.15, 0.2) is 83.3 Å². The van der Waals surface area contributed by atoms with Crippen molar-refractivity contribution in [2.24, 2.45) is 0 Å². The number of rotatable bonds is 5. The second-order valence-corrected chi connectivity index (χ2v) is 9.29. The molecule has 8 heteroatoms. The van der Waals surface area contributed by atoms with Gasteiger partial charge in [-0.15, -0.1) is 0 Å². The lowest BCUT2D eigenvalue weighted by atomic mass is 9.72. The molecule has 2 atom stereocenters. The number of carbonyl (C=O) groups excluding carboxylic acids is 1. The maximum absolute atomic E-state index is 12.8. The molecule has 168 valence electrons. The molecule has 5 rings (SSSR count). The predicted octanol–water partition coefficient (Wildman–Crippen LogP) is 5.19. The normalized spacial score (nSPS) is 23.4. The first-order valence-electron chi connectivity index (χ1n) is 10.6. The van der Waals surface area contributed by atoms with Gasteiger partial charge in [-0.3, -0.25) is 10.1 Å². The van der Waals surface area contributed by atoms with E-state index in [1.807, 2.05) is 36.4 Å². The molecule has 33 heavy (non-hydrogen) atoms. The minimum Gasteiger partial charge on any atom is -0.431 e. The SMILES string of the molecule is O=C1O[C@@]2(C[C@@H]1Nc1cc([N+](=O)[O-])ccc1Br)CC(c1ccccc1)(c1ccccc1)CO2. The quantitative estimate of drug-likeness (QED) is 0.289. The number of nitro groups is 1. The summed E-state index contributed by atoms with van der Waals surface area (Å²) >= 11 is 3.39. The molecule has 0 aromatic heterocycles. The van der Waals surface area contributed by atoms with E-state index in [0.717, 1.165) is 11.1 Å². The van der Waals surface area contributed by atoms with Crippen molar-refractivity contribution in [3.8, 4) is 0 Å². The predicted molar refractivity (Wildman–Crippen MR) is 126 cm³/mol. The number of esters is 1. The Morgan fingerprint density at radius 2 is 1.64 bits per heavy atom. The molecule has 2 aliphatic heterocycles. The first-order valence-corrected chi connectivity index (χ1v) is 11.4. The van der Waals surface area contributed by atoms with Gasteiger partial charge in [-0.05, 0) is 33.1 Å². The Morgan fingerprint density at radius 1 is 1.00 bits per heavy atom. The molecular weight excluding hydrogens is 488 g/mol. The Morgan fingerprint density at radius 3 is 2.24 bits per heavy atom. The van der Waals surface area contributed by atoms with Gasteiger partial charge >= 0.3 is 5.97 Å². The number of nitro benzene ring substituents is 1. The van der Waals surface area contributed by atoms with Crippen LogP contribution in [0.3, 0.4) is 0 Å². The summed E-state index contributed by atoms with van der Waals surface area (Å²) in [6, 6.07) is 23.9. The molecule has 7 nitrogen and oxygen atoms in total. The zero-order valence-electron chi connectivity index (χ0n) is 17.6. The fourth-order valence-corrected chi connectivity index (χ4v) is 5.15. The van der Waals surface area contributed by atoms with E-state index in [-0.39, 0.29) is 5.69 Å². The highest BCUT2D eigenvalue weighted by Crippen LogP contribution is 2.51. The summed E-state index contributed by atoms with van der Waals surface area (Å²) in [5.74, 6) is -1.52. The van der Waals surface area contributed by atoms with Gasteiger partial charge in [0.25, 0.3) is 5.69 Å². The van der Waals surface area contributed by atoms with Crippen molar-refractivity contribution in [1.29, 1.82) is 0 Å². The van der Waals surface area contributed by atoms with E-state index in [2.05, 4.69) is 45.5 Å². The van der Waals surface area contributed by atoms with E-state index in [1.54, 1.807) is 6.07 Å². The third-order valence-corrected chi connectivity index (χ3v) is 7.07. The van der Waals surface area contributed by atoms with E-state index >= 15 is 0 Å². The Hall–Kier alpha value is -3.23. The summed E-state index contributed by atoms with van der Waals surface area (Å²) in [6.45, 7) is 0.377. The third-order valence-electron chi connectivity index (χ3n) is 6.38. The average molecular weight is 509 g/mol. The van der Waals surface area contributed by atoms with Gasteiger partial charge in [0, 0.05) is 29.4 Å². The number of hydrogen-bond donors (Lipinski definition) is 1. The van der Waals surface area contributed by atoms with E-state index in [4.69, 9.17) is 9.47 Å². The topological polar surface area (TPSA) is 90.7 Å². The van der Waals surface area contributed by atoms with E-state index in [0.29, 0.717) is 29.6 Å². The number of non-ortho nitro benzene ring substituents is 1. The Kier molecular flexibility index (Phi) is 5.42. The molecule has 1 spiro atoms. The molecule has 3 aromatic rings. The van der Waals surface area contributed by atoms with Crippen LogP contribution in [0.2, 0.25) is 0 Å². The van der Waals surface area contributed by atoms with Gasteiger partial charge in [-0.2, -0.15) is 0 Å². The zero-order valence-corrected chi connectivity index (χ0v) is 19.2. The molecule has 2 saturated heterocycles. The summed E-state index contributed by atoms with van der Waals surface area (Å²) in [4.78, 5) is 23.5. The van der Waals surface area contributed by atoms with E-state index in [9.17, 15) is 14.9 Å². The minimum absolute atomic E-state index is 0.0638. The Labute approximate surface area is 199 Å². The van der Waals surface area contributed by atoms with Crippen molar-refractivity contribution in [3.05, 3.63) is 105 Å². The molecule has 2 fully saturated rings. The van der Waals surface area contributed by atoms with Crippen LogP contribution in [0.25, 0.3) is 0 Å². The smallest absolute Gasteiger partial charge is 0.331 e. The molecule has 0 aliphatic carbocycles. The standard InChI is InChI=1S/C25H21BrN2O5/c26-20-12-11-19(28(30)31)13-21(20)27-22-14-25(33-23(22)29)15-24(16-32-25,17-7-3-1-4-8-17)18-9-5-2-6-10-18/h1-13,22,27H,14-16H2/t22-,25-/m0/s1. The second-order valence-electron chi connectivity index (χ2n) is 8.43. The maximum Gasteiger partial charge on any atom is 0.331 e. The van der Waals surface area contributed by atoms with Crippen molar-refractivity contribution in [2.45, 2.75) is 30.1 Å². The molecule has 2 heterocycles. The lowest BCUT2D eigenvalue weighted by Gasteiger charge is -2.30. The first-order chi connectivity index (χ1) is 15.9. The molecule has 0 unspecified atom stereocenters. The monoisotopic (exact) mass is 508 g/mol. The number of hydrogen-bond acceptors (Lipinski definition) is 6. The minimum atomic E-state index is -1.08. The van der Waals surface area contributed by atoms with Crippen LogP contribution in [0, 0.1) is 10.1 Å². The number of halogens is 1. The first kappa shape index (κ1) is 21.6. The van der Waals surface area contributed by atoms with Crippen LogP contribution in [0.1, 0.15) is 24.0 Å². The Bertz CT molecular complexity index is 1160. The molecule has 0 bridgehead atoms. The van der Waals surface area contributed by atoms with E-state index in [1.165, 1.54) is 12.1 Å². The zero-order chi connectivity index (χ0) is 23.1. The molecule has 2 aliphatic rings. The van der Waals surface area contributed by atoms with Gasteiger partial charge in [-0.1, -0.05) is 60.7 Å². The molecule has 0 radical (unpaired) electrons.